The van der Waals surface area contributed by atoms with Gasteiger partial charge in [-0.2, -0.15) is 5.26 Å². The number of benzene rings is 2. The average molecular weight is 378 g/mol. The van der Waals surface area contributed by atoms with E-state index in [0.717, 1.165) is 22.1 Å². The molecule has 0 bridgehead atoms. The topological polar surface area (TPSA) is 79.2 Å². The van der Waals surface area contributed by atoms with Gasteiger partial charge in [0.2, 0.25) is 0 Å². The summed E-state index contributed by atoms with van der Waals surface area (Å²) in [5.41, 5.74) is 1.31. The quantitative estimate of drug-likeness (QED) is 0.655. The van der Waals surface area contributed by atoms with E-state index in [1.165, 1.54) is 0 Å². The van der Waals surface area contributed by atoms with Gasteiger partial charge in [0.05, 0.1) is 11.7 Å². The number of hydrogen-bond donors (Lipinski definition) is 1. The van der Waals surface area contributed by atoms with Crippen molar-refractivity contribution in [2.24, 2.45) is 0 Å². The molecule has 3 aromatic rings. The maximum absolute atomic E-state index is 12.8. The zero-order valence-electron chi connectivity index (χ0n) is 15.2. The molecule has 6 heteroatoms. The Morgan fingerprint density at radius 3 is 2.56 bits per heavy atom. The third kappa shape index (κ3) is 3.69. The molecule has 136 valence electrons. The van der Waals surface area contributed by atoms with Gasteiger partial charge in [0.15, 0.2) is 0 Å². The van der Waals surface area contributed by atoms with Gasteiger partial charge in [0, 0.05) is 5.56 Å². The molecule has 1 amide bonds. The number of thiophene rings is 1. The zero-order chi connectivity index (χ0) is 19.6. The zero-order valence-corrected chi connectivity index (χ0v) is 16.0. The van der Waals surface area contributed by atoms with Crippen molar-refractivity contribution >= 4 is 39.0 Å². The molecule has 27 heavy (non-hydrogen) atoms. The Bertz CT molecular complexity index is 1070. The van der Waals surface area contributed by atoms with E-state index in [9.17, 15) is 14.9 Å². The molecule has 0 saturated carbocycles. The predicted octanol–water partition coefficient (Wildman–Crippen LogP) is 4.90. The number of esters is 1. The van der Waals surface area contributed by atoms with Crippen molar-refractivity contribution in [3.05, 3.63) is 64.0 Å². The number of carbonyl (C=O) groups is 2. The third-order valence-electron chi connectivity index (χ3n) is 4.05. The smallest absolute Gasteiger partial charge is 0.348 e. The molecule has 0 radical (unpaired) electrons. The van der Waals surface area contributed by atoms with Crippen molar-refractivity contribution in [1.82, 2.24) is 0 Å². The maximum atomic E-state index is 12.8. The van der Waals surface area contributed by atoms with Gasteiger partial charge in [0.25, 0.3) is 5.91 Å². The first kappa shape index (κ1) is 18.6. The van der Waals surface area contributed by atoms with Crippen molar-refractivity contribution < 1.29 is 14.3 Å². The van der Waals surface area contributed by atoms with Crippen LogP contribution in [0.1, 0.15) is 45.0 Å². The second-order valence-electron chi connectivity index (χ2n) is 6.31. The lowest BCUT2D eigenvalue weighted by Crippen LogP contribution is -2.12. The summed E-state index contributed by atoms with van der Waals surface area (Å²) in [7, 11) is 0. The van der Waals surface area contributed by atoms with Crippen LogP contribution in [-0.2, 0) is 4.74 Å². The second-order valence-corrected chi connectivity index (χ2v) is 7.33. The van der Waals surface area contributed by atoms with Crippen LogP contribution < -0.4 is 5.32 Å². The summed E-state index contributed by atoms with van der Waals surface area (Å²) in [6.45, 7) is 5.20. The fourth-order valence-electron chi connectivity index (χ4n) is 2.79. The Morgan fingerprint density at radius 2 is 1.85 bits per heavy atom. The average Bonchev–Trinajstić information content (AvgIpc) is 2.96. The van der Waals surface area contributed by atoms with Crippen LogP contribution in [0.15, 0.2) is 42.5 Å². The molecule has 0 aliphatic heterocycles. The molecule has 1 N–H and O–H groups in total. The molecule has 0 saturated heterocycles. The molecule has 0 aliphatic rings. The van der Waals surface area contributed by atoms with E-state index < -0.39 is 5.97 Å². The third-order valence-corrected chi connectivity index (χ3v) is 5.24. The molecule has 0 aliphatic carbocycles. The molecule has 0 unspecified atom stereocenters. The van der Waals surface area contributed by atoms with Crippen molar-refractivity contribution in [2.45, 2.75) is 26.9 Å². The van der Waals surface area contributed by atoms with Crippen LogP contribution >= 0.6 is 11.3 Å². The van der Waals surface area contributed by atoms with Gasteiger partial charge in [-0.05, 0) is 43.2 Å². The van der Waals surface area contributed by atoms with Crippen molar-refractivity contribution in [3.63, 3.8) is 0 Å². The highest BCUT2D eigenvalue weighted by Gasteiger charge is 2.23. The molecule has 0 spiro atoms. The molecule has 0 fully saturated rings. The largest absolute Gasteiger partial charge is 0.459 e. The van der Waals surface area contributed by atoms with Gasteiger partial charge < -0.3 is 10.1 Å². The number of hydrogen-bond acceptors (Lipinski definition) is 5. The van der Waals surface area contributed by atoms with Crippen LogP contribution in [0.5, 0.6) is 0 Å². The Labute approximate surface area is 161 Å². The number of rotatable bonds is 4. The summed E-state index contributed by atoms with van der Waals surface area (Å²) >= 11 is 1.06. The number of nitriles is 1. The summed E-state index contributed by atoms with van der Waals surface area (Å²) in [4.78, 5) is 25.4. The highest BCUT2D eigenvalue weighted by Crippen LogP contribution is 2.34. The van der Waals surface area contributed by atoms with E-state index in [0.29, 0.717) is 21.0 Å². The van der Waals surface area contributed by atoms with E-state index in [2.05, 4.69) is 11.4 Å². The van der Waals surface area contributed by atoms with Crippen LogP contribution in [0.3, 0.4) is 0 Å². The number of ether oxygens (including phenoxy) is 1. The van der Waals surface area contributed by atoms with Gasteiger partial charge in [-0.1, -0.05) is 36.4 Å². The van der Waals surface area contributed by atoms with E-state index in [-0.39, 0.29) is 17.6 Å². The summed E-state index contributed by atoms with van der Waals surface area (Å²) in [5, 5.41) is 14.4. The Hall–Kier alpha value is -3.17. The Kier molecular flexibility index (Phi) is 5.24. The predicted molar refractivity (Wildman–Crippen MR) is 106 cm³/mol. The van der Waals surface area contributed by atoms with E-state index >= 15 is 0 Å². The fraction of sp³-hybridized carbons (Fsp3) is 0.190. The number of carbonyl (C=O) groups excluding carboxylic acids is 2. The number of nitrogens with one attached hydrogen (secondary N) is 1. The minimum absolute atomic E-state index is 0.265. The van der Waals surface area contributed by atoms with Crippen molar-refractivity contribution in [3.8, 4) is 6.07 Å². The Balaban J connectivity index is 1.96. The van der Waals surface area contributed by atoms with Crippen molar-refractivity contribution in [2.75, 3.05) is 5.32 Å². The normalized spacial score (nSPS) is 10.6. The molecular weight excluding hydrogens is 360 g/mol. The number of anilines is 1. The first-order valence-electron chi connectivity index (χ1n) is 8.46. The molecule has 1 heterocycles. The van der Waals surface area contributed by atoms with Crippen LogP contribution in [0.4, 0.5) is 5.00 Å². The molecule has 1 aromatic heterocycles. The first-order valence-corrected chi connectivity index (χ1v) is 9.27. The summed E-state index contributed by atoms with van der Waals surface area (Å²) in [6, 6.07) is 15.1. The number of amides is 1. The summed E-state index contributed by atoms with van der Waals surface area (Å²) < 4.78 is 5.23. The van der Waals surface area contributed by atoms with Crippen LogP contribution in [0.2, 0.25) is 0 Å². The van der Waals surface area contributed by atoms with Crippen LogP contribution in [-0.4, -0.2) is 18.0 Å². The highest BCUT2D eigenvalue weighted by molar-refractivity contribution is 7.18. The maximum Gasteiger partial charge on any atom is 0.348 e. The lowest BCUT2D eigenvalue weighted by molar-refractivity contribution is 0.0383. The molecule has 0 atom stereocenters. The van der Waals surface area contributed by atoms with Crippen LogP contribution in [0.25, 0.3) is 10.8 Å². The second kappa shape index (κ2) is 7.60. The molecule has 3 rings (SSSR count). The summed E-state index contributed by atoms with van der Waals surface area (Å²) in [5.74, 6) is -0.817. The SMILES string of the molecule is Cc1c(C(=O)OC(C)C)sc(NC(=O)c2cccc3ccccc23)c1C#N. The van der Waals surface area contributed by atoms with Gasteiger partial charge in [0.1, 0.15) is 15.9 Å². The first-order chi connectivity index (χ1) is 12.9. The lowest BCUT2D eigenvalue weighted by Gasteiger charge is -2.07. The standard InChI is InChI=1S/C21H18N2O3S/c1-12(2)26-21(25)18-13(3)17(11-22)20(27-18)23-19(24)16-10-6-8-14-7-4-5-9-15(14)16/h4-10,12H,1-3H3,(H,23,24). The summed E-state index contributed by atoms with van der Waals surface area (Å²) in [6.07, 6.45) is -0.265. The van der Waals surface area contributed by atoms with Gasteiger partial charge >= 0.3 is 5.97 Å². The van der Waals surface area contributed by atoms with E-state index in [4.69, 9.17) is 4.74 Å². The van der Waals surface area contributed by atoms with E-state index in [1.807, 2.05) is 36.4 Å². The van der Waals surface area contributed by atoms with Gasteiger partial charge in [-0.3, -0.25) is 4.79 Å². The lowest BCUT2D eigenvalue weighted by atomic mass is 10.0. The molecule has 5 nitrogen and oxygen atoms in total. The molecule has 2 aromatic carbocycles. The van der Waals surface area contributed by atoms with Gasteiger partial charge in [-0.25, -0.2) is 4.79 Å². The van der Waals surface area contributed by atoms with Crippen LogP contribution in [0, 0.1) is 18.3 Å². The minimum atomic E-state index is -0.491. The highest BCUT2D eigenvalue weighted by atomic mass is 32.1. The van der Waals surface area contributed by atoms with E-state index in [1.54, 1.807) is 26.8 Å². The van der Waals surface area contributed by atoms with Crippen molar-refractivity contribution in [1.29, 1.82) is 5.26 Å². The number of fused-ring (bicyclic) bond motifs is 1. The monoisotopic (exact) mass is 378 g/mol. The van der Waals surface area contributed by atoms with Gasteiger partial charge in [-0.15, -0.1) is 11.3 Å². The minimum Gasteiger partial charge on any atom is -0.459 e. The number of nitrogens with zero attached hydrogens (tertiary/aromatic N) is 1. The molecular formula is C21H18N2O3S. The Morgan fingerprint density at radius 1 is 1.15 bits per heavy atom. The fourth-order valence-corrected chi connectivity index (χ4v) is 3.83.